The molecule has 0 fully saturated rings. The van der Waals surface area contributed by atoms with Crippen molar-refractivity contribution in [1.82, 2.24) is 5.32 Å². The maximum absolute atomic E-state index is 11.2. The summed E-state index contributed by atoms with van der Waals surface area (Å²) in [5.41, 5.74) is 3.97. The van der Waals surface area contributed by atoms with E-state index >= 15 is 0 Å². The van der Waals surface area contributed by atoms with Gasteiger partial charge in [-0.2, -0.15) is 0 Å². The van der Waals surface area contributed by atoms with Crippen molar-refractivity contribution in [2.24, 2.45) is 0 Å². The van der Waals surface area contributed by atoms with Gasteiger partial charge in [0.05, 0.1) is 6.61 Å². The molecule has 23 heavy (non-hydrogen) atoms. The van der Waals surface area contributed by atoms with Crippen LogP contribution < -0.4 is 10.6 Å². The third-order valence-corrected chi connectivity index (χ3v) is 3.84. The molecule has 122 valence electrons. The van der Waals surface area contributed by atoms with Gasteiger partial charge in [-0.3, -0.25) is 4.79 Å². The normalized spacial score (nSPS) is 13.4. The third kappa shape index (κ3) is 4.91. The average Bonchev–Trinajstić information content (AvgIpc) is 2.54. The minimum absolute atomic E-state index is 0.0505. The van der Waals surface area contributed by atoms with Crippen LogP contribution in [0.3, 0.4) is 0 Å². The molecule has 0 saturated carbocycles. The zero-order chi connectivity index (χ0) is 16.8. The summed E-state index contributed by atoms with van der Waals surface area (Å²) in [5.74, 6) is -0.0723. The van der Waals surface area contributed by atoms with Crippen LogP contribution in [0.5, 0.6) is 0 Å². The fourth-order valence-electron chi connectivity index (χ4n) is 2.62. The Kier molecular flexibility index (Phi) is 5.90. The smallest absolute Gasteiger partial charge is 0.221 e. The second kappa shape index (κ2) is 7.90. The molecular formula is C19H24N2O2. The van der Waals surface area contributed by atoms with E-state index < -0.39 is 0 Å². The van der Waals surface area contributed by atoms with E-state index in [1.807, 2.05) is 42.5 Å². The van der Waals surface area contributed by atoms with Gasteiger partial charge in [0.25, 0.3) is 0 Å². The molecule has 0 spiro atoms. The quantitative estimate of drug-likeness (QED) is 0.764. The van der Waals surface area contributed by atoms with Crippen molar-refractivity contribution >= 4 is 11.6 Å². The van der Waals surface area contributed by atoms with Crippen LogP contribution in [0.4, 0.5) is 5.69 Å². The summed E-state index contributed by atoms with van der Waals surface area (Å²) in [7, 11) is 0. The summed E-state index contributed by atoms with van der Waals surface area (Å²) in [4.78, 5) is 11.2. The number of rotatable bonds is 6. The van der Waals surface area contributed by atoms with Crippen molar-refractivity contribution in [3.8, 4) is 0 Å². The van der Waals surface area contributed by atoms with Gasteiger partial charge in [-0.1, -0.05) is 36.4 Å². The molecule has 4 nitrogen and oxygen atoms in total. The Morgan fingerprint density at radius 2 is 1.65 bits per heavy atom. The van der Waals surface area contributed by atoms with Crippen LogP contribution in [0.1, 0.15) is 49.5 Å². The molecule has 0 radical (unpaired) electrons. The molecule has 0 heterocycles. The monoisotopic (exact) mass is 312 g/mol. The zero-order valence-electron chi connectivity index (χ0n) is 13.8. The van der Waals surface area contributed by atoms with Crippen molar-refractivity contribution in [2.75, 3.05) is 5.32 Å². The molecule has 0 aliphatic rings. The molecule has 2 atom stereocenters. The van der Waals surface area contributed by atoms with E-state index in [0.29, 0.717) is 0 Å². The molecule has 4 heteroatoms. The Bertz CT molecular complexity index is 670. The molecule has 0 bridgehead atoms. The third-order valence-electron chi connectivity index (χ3n) is 3.84. The number of carbonyl (C=O) groups is 1. The Labute approximate surface area is 137 Å². The predicted octanol–water partition coefficient (Wildman–Crippen LogP) is 3.55. The molecule has 0 saturated heterocycles. The predicted molar refractivity (Wildman–Crippen MR) is 93.1 cm³/mol. The van der Waals surface area contributed by atoms with E-state index in [-0.39, 0.29) is 24.6 Å². The standard InChI is InChI=1S/C19H24N2O2/c1-13(17-7-4-6-16(10-17)12-22)20-14(2)18-8-5-9-19(11-18)21-15(3)23/h4-11,13-14,20,22H,12H2,1-3H3,(H,21,23)/t13-,14+/m0/s1. The van der Waals surface area contributed by atoms with Crippen LogP contribution >= 0.6 is 0 Å². The van der Waals surface area contributed by atoms with Crippen molar-refractivity contribution in [2.45, 2.75) is 39.5 Å². The van der Waals surface area contributed by atoms with E-state index in [0.717, 1.165) is 22.4 Å². The lowest BCUT2D eigenvalue weighted by Crippen LogP contribution is -2.22. The lowest BCUT2D eigenvalue weighted by Gasteiger charge is -2.21. The van der Waals surface area contributed by atoms with Crippen LogP contribution in [-0.4, -0.2) is 11.0 Å². The number of benzene rings is 2. The summed E-state index contributed by atoms with van der Waals surface area (Å²) in [5, 5.41) is 15.6. The number of hydrogen-bond donors (Lipinski definition) is 3. The molecule has 2 aromatic carbocycles. The van der Waals surface area contributed by atoms with Gasteiger partial charge in [-0.15, -0.1) is 0 Å². The molecule has 2 rings (SSSR count). The highest BCUT2D eigenvalue weighted by molar-refractivity contribution is 5.88. The maximum atomic E-state index is 11.2. The average molecular weight is 312 g/mol. The van der Waals surface area contributed by atoms with Gasteiger partial charge >= 0.3 is 0 Å². The topological polar surface area (TPSA) is 61.4 Å². The van der Waals surface area contributed by atoms with Gasteiger partial charge in [0.1, 0.15) is 0 Å². The number of anilines is 1. The molecule has 0 unspecified atom stereocenters. The lowest BCUT2D eigenvalue weighted by atomic mass is 10.0. The Hall–Kier alpha value is -2.17. The summed E-state index contributed by atoms with van der Waals surface area (Å²) >= 11 is 0. The first-order chi connectivity index (χ1) is 11.0. The van der Waals surface area contributed by atoms with Crippen molar-refractivity contribution < 1.29 is 9.90 Å². The first-order valence-corrected chi connectivity index (χ1v) is 7.83. The first-order valence-electron chi connectivity index (χ1n) is 7.83. The number of carbonyl (C=O) groups excluding carboxylic acids is 1. The summed E-state index contributed by atoms with van der Waals surface area (Å²) in [6.07, 6.45) is 0. The van der Waals surface area contributed by atoms with E-state index in [9.17, 15) is 9.90 Å². The van der Waals surface area contributed by atoms with Crippen LogP contribution in [-0.2, 0) is 11.4 Å². The minimum atomic E-state index is -0.0723. The largest absolute Gasteiger partial charge is 0.392 e. The van der Waals surface area contributed by atoms with Crippen LogP contribution in [0, 0.1) is 0 Å². The number of aliphatic hydroxyl groups excluding tert-OH is 1. The van der Waals surface area contributed by atoms with Crippen LogP contribution in [0.25, 0.3) is 0 Å². The van der Waals surface area contributed by atoms with Crippen molar-refractivity contribution in [3.05, 3.63) is 65.2 Å². The Balaban J connectivity index is 2.08. The van der Waals surface area contributed by atoms with Gasteiger partial charge in [0.2, 0.25) is 5.91 Å². The van der Waals surface area contributed by atoms with Gasteiger partial charge in [0, 0.05) is 24.7 Å². The molecule has 0 aromatic heterocycles. The lowest BCUT2D eigenvalue weighted by molar-refractivity contribution is -0.114. The summed E-state index contributed by atoms with van der Waals surface area (Å²) in [6, 6.07) is 16.1. The highest BCUT2D eigenvalue weighted by atomic mass is 16.3. The fraction of sp³-hybridized carbons (Fsp3) is 0.316. The van der Waals surface area contributed by atoms with E-state index in [4.69, 9.17) is 0 Å². The van der Waals surface area contributed by atoms with Gasteiger partial charge in [-0.05, 0) is 42.7 Å². The number of hydrogen-bond acceptors (Lipinski definition) is 3. The Morgan fingerprint density at radius 3 is 2.26 bits per heavy atom. The van der Waals surface area contributed by atoms with Crippen LogP contribution in [0.2, 0.25) is 0 Å². The first kappa shape index (κ1) is 17.2. The molecule has 1 amide bonds. The van der Waals surface area contributed by atoms with E-state index in [2.05, 4.69) is 30.5 Å². The van der Waals surface area contributed by atoms with Gasteiger partial charge in [0.15, 0.2) is 0 Å². The van der Waals surface area contributed by atoms with Crippen molar-refractivity contribution in [3.63, 3.8) is 0 Å². The minimum Gasteiger partial charge on any atom is -0.392 e. The van der Waals surface area contributed by atoms with Crippen LogP contribution in [0.15, 0.2) is 48.5 Å². The second-order valence-electron chi connectivity index (χ2n) is 5.82. The molecule has 2 aromatic rings. The Morgan fingerprint density at radius 1 is 1.04 bits per heavy atom. The summed E-state index contributed by atoms with van der Waals surface area (Å²) in [6.45, 7) is 5.75. The zero-order valence-corrected chi connectivity index (χ0v) is 13.8. The molecule has 3 N–H and O–H groups in total. The van der Waals surface area contributed by atoms with E-state index in [1.54, 1.807) is 0 Å². The van der Waals surface area contributed by atoms with Gasteiger partial charge < -0.3 is 15.7 Å². The molecule has 0 aliphatic heterocycles. The molecule has 0 aliphatic carbocycles. The highest BCUT2D eigenvalue weighted by Crippen LogP contribution is 2.22. The molecular weight excluding hydrogens is 288 g/mol. The second-order valence-corrected chi connectivity index (χ2v) is 5.82. The van der Waals surface area contributed by atoms with E-state index in [1.165, 1.54) is 6.92 Å². The highest BCUT2D eigenvalue weighted by Gasteiger charge is 2.12. The number of aliphatic hydroxyl groups is 1. The summed E-state index contributed by atoms with van der Waals surface area (Å²) < 4.78 is 0. The van der Waals surface area contributed by atoms with Crippen molar-refractivity contribution in [1.29, 1.82) is 0 Å². The van der Waals surface area contributed by atoms with Gasteiger partial charge in [-0.25, -0.2) is 0 Å². The fourth-order valence-corrected chi connectivity index (χ4v) is 2.62. The number of nitrogens with one attached hydrogen (secondary N) is 2. The SMILES string of the molecule is CC(=O)Nc1cccc([C@@H](C)N[C@@H](C)c2cccc(CO)c2)c1. The number of amides is 1. The maximum Gasteiger partial charge on any atom is 0.221 e.